The highest BCUT2D eigenvalue weighted by molar-refractivity contribution is 5.17. The van der Waals surface area contributed by atoms with E-state index in [-0.39, 0.29) is 0 Å². The van der Waals surface area contributed by atoms with Crippen LogP contribution in [0.25, 0.3) is 0 Å². The summed E-state index contributed by atoms with van der Waals surface area (Å²) in [5.41, 5.74) is 1.75. The molecule has 0 amide bonds. The third-order valence-electron chi connectivity index (χ3n) is 3.95. The molecule has 1 heterocycles. The van der Waals surface area contributed by atoms with E-state index in [1.807, 2.05) is 0 Å². The molecule has 0 aromatic carbocycles. The molecule has 1 aliphatic heterocycles. The first-order valence-corrected chi connectivity index (χ1v) is 7.84. The molecule has 1 rings (SSSR count). The summed E-state index contributed by atoms with van der Waals surface area (Å²) in [7, 11) is 0. The summed E-state index contributed by atoms with van der Waals surface area (Å²) in [4.78, 5) is 2.59. The number of nitrogens with one attached hydrogen (secondary N) is 1. The number of rotatable bonds is 5. The van der Waals surface area contributed by atoms with Gasteiger partial charge in [0.2, 0.25) is 0 Å². The zero-order valence-electron chi connectivity index (χ0n) is 13.5. The molecule has 0 saturated carbocycles. The predicted molar refractivity (Wildman–Crippen MR) is 85.3 cm³/mol. The fraction of sp³-hybridized carbons (Fsp3) is 0.765. The van der Waals surface area contributed by atoms with Gasteiger partial charge < -0.3 is 5.32 Å². The molecule has 1 aliphatic rings. The minimum absolute atomic E-state index is 0.319. The van der Waals surface area contributed by atoms with Gasteiger partial charge in [0.1, 0.15) is 0 Å². The van der Waals surface area contributed by atoms with Crippen LogP contribution in [0.15, 0.2) is 23.9 Å². The Bertz CT molecular complexity index is 302. The van der Waals surface area contributed by atoms with Crippen molar-refractivity contribution in [3.05, 3.63) is 23.9 Å². The second-order valence-electron chi connectivity index (χ2n) is 6.47. The maximum Gasteiger partial charge on any atom is 0.0280 e. The molecule has 0 radical (unpaired) electrons. The van der Waals surface area contributed by atoms with Crippen molar-refractivity contribution >= 4 is 0 Å². The van der Waals surface area contributed by atoms with Crippen LogP contribution >= 0.6 is 0 Å². The van der Waals surface area contributed by atoms with Crippen molar-refractivity contribution in [2.24, 2.45) is 0 Å². The first-order chi connectivity index (χ1) is 8.97. The zero-order valence-corrected chi connectivity index (χ0v) is 13.5. The van der Waals surface area contributed by atoms with Gasteiger partial charge in [-0.2, -0.15) is 0 Å². The van der Waals surface area contributed by atoms with Crippen molar-refractivity contribution in [1.82, 2.24) is 10.2 Å². The average molecular weight is 264 g/mol. The van der Waals surface area contributed by atoms with Gasteiger partial charge in [-0.25, -0.2) is 0 Å². The Morgan fingerprint density at radius 1 is 1.21 bits per heavy atom. The van der Waals surface area contributed by atoms with E-state index in [4.69, 9.17) is 0 Å². The molecule has 0 bridgehead atoms. The number of hydrogen-bond donors (Lipinski definition) is 1. The highest BCUT2D eigenvalue weighted by Crippen LogP contribution is 2.20. The van der Waals surface area contributed by atoms with Gasteiger partial charge in [0.15, 0.2) is 0 Å². The van der Waals surface area contributed by atoms with Gasteiger partial charge in [0, 0.05) is 24.7 Å². The van der Waals surface area contributed by atoms with Crippen LogP contribution in [0.2, 0.25) is 0 Å². The lowest BCUT2D eigenvalue weighted by Gasteiger charge is -2.40. The van der Waals surface area contributed by atoms with Crippen molar-refractivity contribution in [3.63, 3.8) is 0 Å². The molecule has 2 heteroatoms. The van der Waals surface area contributed by atoms with Crippen LogP contribution in [0.3, 0.4) is 0 Å². The molecule has 1 N–H and O–H groups in total. The first-order valence-electron chi connectivity index (χ1n) is 7.84. The van der Waals surface area contributed by atoms with Crippen molar-refractivity contribution in [2.75, 3.05) is 13.1 Å². The minimum atomic E-state index is 0.319. The van der Waals surface area contributed by atoms with Gasteiger partial charge in [-0.3, -0.25) is 4.90 Å². The summed E-state index contributed by atoms with van der Waals surface area (Å²) in [5.74, 6) is 0. The van der Waals surface area contributed by atoms with Crippen LogP contribution in [0.1, 0.15) is 60.3 Å². The van der Waals surface area contributed by atoms with E-state index in [1.54, 1.807) is 0 Å². The third kappa shape index (κ3) is 5.82. The molecule has 2 nitrogen and oxygen atoms in total. The van der Waals surface area contributed by atoms with E-state index in [1.165, 1.54) is 31.5 Å². The quantitative estimate of drug-likeness (QED) is 0.752. The van der Waals surface area contributed by atoms with Gasteiger partial charge >= 0.3 is 0 Å². The fourth-order valence-corrected chi connectivity index (χ4v) is 2.60. The van der Waals surface area contributed by atoms with Gasteiger partial charge in [0.25, 0.3) is 0 Å². The number of nitrogens with zero attached hydrogens (tertiary/aromatic N) is 1. The number of likely N-dealkylation sites (tertiary alicyclic amines) is 1. The van der Waals surface area contributed by atoms with Crippen molar-refractivity contribution in [1.29, 1.82) is 0 Å². The predicted octanol–water partition coefficient (Wildman–Crippen LogP) is 4.10. The summed E-state index contributed by atoms with van der Waals surface area (Å²) in [6.07, 6.45) is 11.4. The van der Waals surface area contributed by atoms with Crippen LogP contribution in [0.4, 0.5) is 0 Å². The number of allylic oxidation sites excluding steroid dienone is 3. The highest BCUT2D eigenvalue weighted by Gasteiger charge is 2.26. The van der Waals surface area contributed by atoms with E-state index in [0.29, 0.717) is 11.6 Å². The average Bonchev–Trinajstić information content (AvgIpc) is 2.37. The van der Waals surface area contributed by atoms with Gasteiger partial charge in [-0.1, -0.05) is 25.5 Å². The normalized spacial score (nSPS) is 20.2. The third-order valence-corrected chi connectivity index (χ3v) is 3.95. The Hall–Kier alpha value is -0.760. The summed E-state index contributed by atoms with van der Waals surface area (Å²) >= 11 is 0. The lowest BCUT2D eigenvalue weighted by Crippen LogP contribution is -2.49. The lowest BCUT2D eigenvalue weighted by atomic mass is 9.98. The molecule has 0 atom stereocenters. The number of hydrogen-bond acceptors (Lipinski definition) is 2. The van der Waals surface area contributed by atoms with Crippen LogP contribution in [0, 0.1) is 0 Å². The van der Waals surface area contributed by atoms with E-state index in [2.05, 4.69) is 63.2 Å². The molecule has 19 heavy (non-hydrogen) atoms. The maximum atomic E-state index is 3.57. The van der Waals surface area contributed by atoms with Crippen LogP contribution in [-0.2, 0) is 0 Å². The summed E-state index contributed by atoms with van der Waals surface area (Å²) in [6.45, 7) is 13.8. The molecule has 0 spiro atoms. The summed E-state index contributed by atoms with van der Waals surface area (Å²) in [5, 5.41) is 3.57. The molecule has 0 aliphatic carbocycles. The number of piperidine rings is 1. The molecular formula is C17H32N2. The largest absolute Gasteiger partial charge is 0.388 e. The fourth-order valence-electron chi connectivity index (χ4n) is 2.60. The monoisotopic (exact) mass is 264 g/mol. The molecule has 1 saturated heterocycles. The molecule has 0 unspecified atom stereocenters. The second-order valence-corrected chi connectivity index (χ2v) is 6.47. The maximum absolute atomic E-state index is 3.57. The molecule has 0 aromatic heterocycles. The van der Waals surface area contributed by atoms with E-state index < -0.39 is 0 Å². The van der Waals surface area contributed by atoms with E-state index in [0.717, 1.165) is 12.8 Å². The Balaban J connectivity index is 2.34. The zero-order chi connectivity index (χ0) is 14.3. The van der Waals surface area contributed by atoms with Crippen molar-refractivity contribution in [3.8, 4) is 0 Å². The van der Waals surface area contributed by atoms with Crippen molar-refractivity contribution in [2.45, 2.75) is 71.9 Å². The standard InChI is InChI=1S/C17H32N2/c1-6-8-15(7-2)9-12-18-16-10-13-19(14-11-16)17(3,4)5/h8-9,12,16,18H,6-7,10-11,13-14H2,1-5H3/b12-9-,15-8+. The Kier molecular flexibility index (Phi) is 6.64. The van der Waals surface area contributed by atoms with E-state index in [9.17, 15) is 0 Å². The highest BCUT2D eigenvalue weighted by atomic mass is 15.2. The van der Waals surface area contributed by atoms with Crippen LogP contribution in [-0.4, -0.2) is 29.6 Å². The lowest BCUT2D eigenvalue weighted by molar-refractivity contribution is 0.0989. The SMILES string of the molecule is CC/C=C(/C=C\NC1CCN(C(C)(C)C)CC1)CC. The summed E-state index contributed by atoms with van der Waals surface area (Å²) < 4.78 is 0. The smallest absolute Gasteiger partial charge is 0.0280 e. The summed E-state index contributed by atoms with van der Waals surface area (Å²) in [6, 6.07) is 0.648. The van der Waals surface area contributed by atoms with Crippen molar-refractivity contribution < 1.29 is 0 Å². The van der Waals surface area contributed by atoms with Crippen LogP contribution in [0.5, 0.6) is 0 Å². The Morgan fingerprint density at radius 3 is 2.32 bits per heavy atom. The molecule has 110 valence electrons. The minimum Gasteiger partial charge on any atom is -0.388 e. The van der Waals surface area contributed by atoms with Gasteiger partial charge in [0.05, 0.1) is 0 Å². The van der Waals surface area contributed by atoms with E-state index >= 15 is 0 Å². The topological polar surface area (TPSA) is 15.3 Å². The second kappa shape index (κ2) is 7.74. The first kappa shape index (κ1) is 16.3. The molecule has 1 fully saturated rings. The molecular weight excluding hydrogens is 232 g/mol. The van der Waals surface area contributed by atoms with Gasteiger partial charge in [-0.15, -0.1) is 0 Å². The Morgan fingerprint density at radius 2 is 1.84 bits per heavy atom. The van der Waals surface area contributed by atoms with Crippen LogP contribution < -0.4 is 5.32 Å². The van der Waals surface area contributed by atoms with Gasteiger partial charge in [-0.05, 0) is 58.7 Å². The Labute approximate surface area is 120 Å². The molecule has 0 aromatic rings.